The van der Waals surface area contributed by atoms with Gasteiger partial charge in [0, 0.05) is 12.1 Å². The van der Waals surface area contributed by atoms with Crippen molar-refractivity contribution in [1.82, 2.24) is 10.6 Å². The monoisotopic (exact) mass is 200 g/mol. The maximum Gasteiger partial charge on any atom is 0.0798 e. The zero-order valence-corrected chi connectivity index (χ0v) is 9.64. The van der Waals surface area contributed by atoms with Crippen molar-refractivity contribution in [2.45, 2.75) is 57.2 Å². The smallest absolute Gasteiger partial charge is 0.0798 e. The van der Waals surface area contributed by atoms with Crippen LogP contribution in [0.1, 0.15) is 39.5 Å². The number of nitrogens with one attached hydrogen (secondary N) is 2. The van der Waals surface area contributed by atoms with Crippen LogP contribution in [0.25, 0.3) is 0 Å². The number of likely N-dealkylation sites (N-methyl/N-ethyl adjacent to an activating group) is 1. The molecule has 0 aromatic carbocycles. The predicted molar refractivity (Wildman–Crippen MR) is 59.4 cm³/mol. The SMILES string of the molecule is CCNC(C)C1(O)CCC(NC)CC1. The fraction of sp³-hybridized carbons (Fsp3) is 1.00. The minimum atomic E-state index is -0.483. The van der Waals surface area contributed by atoms with Gasteiger partial charge in [0.15, 0.2) is 0 Å². The summed E-state index contributed by atoms with van der Waals surface area (Å²) in [5, 5.41) is 17.0. The molecule has 1 atom stereocenters. The lowest BCUT2D eigenvalue weighted by molar-refractivity contribution is -0.0303. The minimum Gasteiger partial charge on any atom is -0.388 e. The quantitative estimate of drug-likeness (QED) is 0.631. The van der Waals surface area contributed by atoms with Crippen molar-refractivity contribution in [2.75, 3.05) is 13.6 Å². The van der Waals surface area contributed by atoms with Crippen LogP contribution in [0.5, 0.6) is 0 Å². The highest BCUT2D eigenvalue weighted by Gasteiger charge is 2.37. The van der Waals surface area contributed by atoms with E-state index in [1.807, 2.05) is 7.05 Å². The van der Waals surface area contributed by atoms with Crippen LogP contribution < -0.4 is 10.6 Å². The van der Waals surface area contributed by atoms with Crippen LogP contribution in [-0.2, 0) is 0 Å². The van der Waals surface area contributed by atoms with Gasteiger partial charge in [-0.2, -0.15) is 0 Å². The summed E-state index contributed by atoms with van der Waals surface area (Å²) in [5.74, 6) is 0. The lowest BCUT2D eigenvalue weighted by Gasteiger charge is -2.40. The van der Waals surface area contributed by atoms with Crippen molar-refractivity contribution in [3.05, 3.63) is 0 Å². The summed E-state index contributed by atoms with van der Waals surface area (Å²) in [7, 11) is 2.00. The van der Waals surface area contributed by atoms with Crippen LogP contribution in [0.15, 0.2) is 0 Å². The number of hydrogen-bond donors (Lipinski definition) is 3. The number of aliphatic hydroxyl groups is 1. The first-order chi connectivity index (χ1) is 6.62. The van der Waals surface area contributed by atoms with Gasteiger partial charge in [0.1, 0.15) is 0 Å². The van der Waals surface area contributed by atoms with E-state index >= 15 is 0 Å². The van der Waals surface area contributed by atoms with Gasteiger partial charge >= 0.3 is 0 Å². The van der Waals surface area contributed by atoms with Gasteiger partial charge in [0.05, 0.1) is 5.60 Å². The summed E-state index contributed by atoms with van der Waals surface area (Å²) < 4.78 is 0. The van der Waals surface area contributed by atoms with Crippen LogP contribution in [0.4, 0.5) is 0 Å². The molecular formula is C11H24N2O. The Hall–Kier alpha value is -0.120. The lowest BCUT2D eigenvalue weighted by atomic mass is 9.78. The molecular weight excluding hydrogens is 176 g/mol. The molecule has 0 radical (unpaired) electrons. The molecule has 3 N–H and O–H groups in total. The summed E-state index contributed by atoms with van der Waals surface area (Å²) in [6.07, 6.45) is 3.99. The van der Waals surface area contributed by atoms with Crippen LogP contribution in [0.2, 0.25) is 0 Å². The second kappa shape index (κ2) is 5.10. The van der Waals surface area contributed by atoms with Gasteiger partial charge in [-0.05, 0) is 46.2 Å². The molecule has 1 fully saturated rings. The zero-order chi connectivity index (χ0) is 10.6. The molecule has 0 heterocycles. The molecule has 84 valence electrons. The van der Waals surface area contributed by atoms with Crippen molar-refractivity contribution < 1.29 is 5.11 Å². The van der Waals surface area contributed by atoms with E-state index in [0.29, 0.717) is 6.04 Å². The van der Waals surface area contributed by atoms with Crippen molar-refractivity contribution in [2.24, 2.45) is 0 Å². The van der Waals surface area contributed by atoms with Crippen LogP contribution in [0, 0.1) is 0 Å². The molecule has 0 aromatic rings. The molecule has 1 unspecified atom stereocenters. The van der Waals surface area contributed by atoms with Crippen LogP contribution >= 0.6 is 0 Å². The maximum absolute atomic E-state index is 10.4. The van der Waals surface area contributed by atoms with Crippen molar-refractivity contribution in [3.63, 3.8) is 0 Å². The van der Waals surface area contributed by atoms with Gasteiger partial charge < -0.3 is 15.7 Å². The highest BCUT2D eigenvalue weighted by molar-refractivity contribution is 4.94. The third-order valence-corrected chi connectivity index (χ3v) is 3.58. The molecule has 14 heavy (non-hydrogen) atoms. The molecule has 0 aliphatic heterocycles. The van der Waals surface area contributed by atoms with Gasteiger partial charge in [-0.1, -0.05) is 6.92 Å². The van der Waals surface area contributed by atoms with Gasteiger partial charge in [0.2, 0.25) is 0 Å². The third-order valence-electron chi connectivity index (χ3n) is 3.58. The van der Waals surface area contributed by atoms with Crippen molar-refractivity contribution in [1.29, 1.82) is 0 Å². The second-order valence-corrected chi connectivity index (χ2v) is 4.45. The molecule has 1 aliphatic rings. The molecule has 1 aliphatic carbocycles. The van der Waals surface area contributed by atoms with Crippen LogP contribution in [0.3, 0.4) is 0 Å². The molecule has 0 amide bonds. The van der Waals surface area contributed by atoms with Crippen molar-refractivity contribution in [3.8, 4) is 0 Å². The second-order valence-electron chi connectivity index (χ2n) is 4.45. The maximum atomic E-state index is 10.4. The Balaban J connectivity index is 2.43. The van der Waals surface area contributed by atoms with E-state index in [1.54, 1.807) is 0 Å². The normalized spacial score (nSPS) is 35.6. The highest BCUT2D eigenvalue weighted by atomic mass is 16.3. The Morgan fingerprint density at radius 2 is 2.00 bits per heavy atom. The zero-order valence-electron chi connectivity index (χ0n) is 9.64. The third kappa shape index (κ3) is 2.69. The Morgan fingerprint density at radius 1 is 1.43 bits per heavy atom. The van der Waals surface area contributed by atoms with E-state index in [9.17, 15) is 5.11 Å². The number of rotatable bonds is 4. The largest absolute Gasteiger partial charge is 0.388 e. The standard InChI is InChI=1S/C11H24N2O/c1-4-13-9(2)11(14)7-5-10(12-3)6-8-11/h9-10,12-14H,4-8H2,1-3H3. The molecule has 0 aromatic heterocycles. The van der Waals surface area contributed by atoms with E-state index in [2.05, 4.69) is 24.5 Å². The van der Waals surface area contributed by atoms with Crippen molar-refractivity contribution >= 4 is 0 Å². The predicted octanol–water partition coefficient (Wildman–Crippen LogP) is 0.877. The first kappa shape index (κ1) is 12.0. The fourth-order valence-corrected chi connectivity index (χ4v) is 2.34. The van der Waals surface area contributed by atoms with Gasteiger partial charge in [-0.3, -0.25) is 0 Å². The summed E-state index contributed by atoms with van der Waals surface area (Å²) in [5.41, 5.74) is -0.483. The Labute approximate surface area is 87.3 Å². The molecule has 1 saturated carbocycles. The van der Waals surface area contributed by atoms with E-state index in [1.165, 1.54) is 0 Å². The highest BCUT2D eigenvalue weighted by Crippen LogP contribution is 2.30. The first-order valence-electron chi connectivity index (χ1n) is 5.75. The number of hydrogen-bond acceptors (Lipinski definition) is 3. The van der Waals surface area contributed by atoms with E-state index in [0.717, 1.165) is 32.2 Å². The average Bonchev–Trinajstić information content (AvgIpc) is 2.19. The van der Waals surface area contributed by atoms with Gasteiger partial charge in [-0.15, -0.1) is 0 Å². The summed E-state index contributed by atoms with van der Waals surface area (Å²) in [6, 6.07) is 0.814. The minimum absolute atomic E-state index is 0.213. The summed E-state index contributed by atoms with van der Waals surface area (Å²) >= 11 is 0. The molecule has 0 spiro atoms. The molecule has 0 bridgehead atoms. The molecule has 0 saturated heterocycles. The summed E-state index contributed by atoms with van der Waals surface area (Å²) in [6.45, 7) is 5.10. The Morgan fingerprint density at radius 3 is 2.43 bits per heavy atom. The first-order valence-corrected chi connectivity index (χ1v) is 5.75. The average molecular weight is 200 g/mol. The van der Waals surface area contributed by atoms with E-state index < -0.39 is 5.60 Å². The molecule has 3 nitrogen and oxygen atoms in total. The molecule has 3 heteroatoms. The fourth-order valence-electron chi connectivity index (χ4n) is 2.34. The Bertz CT molecular complexity index is 165. The molecule has 1 rings (SSSR count). The van der Waals surface area contributed by atoms with Crippen LogP contribution in [-0.4, -0.2) is 36.4 Å². The van der Waals surface area contributed by atoms with E-state index in [4.69, 9.17) is 0 Å². The van der Waals surface area contributed by atoms with Gasteiger partial charge in [0.25, 0.3) is 0 Å². The summed E-state index contributed by atoms with van der Waals surface area (Å²) in [4.78, 5) is 0. The Kier molecular flexibility index (Phi) is 4.35. The van der Waals surface area contributed by atoms with E-state index in [-0.39, 0.29) is 6.04 Å². The topological polar surface area (TPSA) is 44.3 Å². The van der Waals surface area contributed by atoms with Gasteiger partial charge in [-0.25, -0.2) is 0 Å². The lowest BCUT2D eigenvalue weighted by Crippen LogP contribution is -2.52.